The highest BCUT2D eigenvalue weighted by atomic mass is 35.5. The number of anilines is 1. The van der Waals surface area contributed by atoms with E-state index in [1.807, 2.05) is 32.9 Å². The van der Waals surface area contributed by atoms with Gasteiger partial charge in [-0.25, -0.2) is 8.42 Å². The summed E-state index contributed by atoms with van der Waals surface area (Å²) >= 11 is 6.11. The Labute approximate surface area is 183 Å². The lowest BCUT2D eigenvalue weighted by Gasteiger charge is -2.31. The normalized spacial score (nSPS) is 17.6. The number of carbonyl (C=O) groups is 1. The summed E-state index contributed by atoms with van der Waals surface area (Å²) in [6.45, 7) is 6.45. The molecule has 1 aliphatic heterocycles. The molecule has 6 nitrogen and oxygen atoms in total. The first kappa shape index (κ1) is 22.6. The van der Waals surface area contributed by atoms with E-state index in [4.69, 9.17) is 16.3 Å². The molecule has 2 aromatic rings. The molecule has 8 heteroatoms. The average Bonchev–Trinajstić information content (AvgIpc) is 2.70. The molecule has 1 fully saturated rings. The Morgan fingerprint density at radius 1 is 1.17 bits per heavy atom. The number of piperidine rings is 1. The van der Waals surface area contributed by atoms with Crippen molar-refractivity contribution in [3.63, 3.8) is 0 Å². The zero-order valence-corrected chi connectivity index (χ0v) is 19.2. The molecule has 0 saturated carbocycles. The van der Waals surface area contributed by atoms with Gasteiger partial charge < -0.3 is 10.1 Å². The fraction of sp³-hybridized carbons (Fsp3) is 0.409. The molecular weight excluding hydrogens is 424 g/mol. The molecule has 0 spiro atoms. The predicted molar refractivity (Wildman–Crippen MR) is 119 cm³/mol. The van der Waals surface area contributed by atoms with Crippen LogP contribution < -0.4 is 10.1 Å². The molecule has 162 valence electrons. The number of sulfonamides is 1. The molecule has 3 rings (SSSR count). The first-order chi connectivity index (χ1) is 14.1. The SMILES string of the molecule is COc1ccc(S(=O)(=O)N2CCC[C@@H](C(=O)Nc3c(C)cc(C)cc3C)C2)cc1Cl. The van der Waals surface area contributed by atoms with Crippen LogP contribution in [0.2, 0.25) is 5.02 Å². The zero-order valence-electron chi connectivity index (χ0n) is 17.7. The standard InChI is InChI=1S/C22H27ClN2O4S/c1-14-10-15(2)21(16(3)11-14)24-22(26)17-6-5-9-25(13-17)30(27,28)18-7-8-20(29-4)19(23)12-18/h7-8,10-12,17H,5-6,9,13H2,1-4H3,(H,24,26)/t17-/m1/s1. The average molecular weight is 451 g/mol. The third kappa shape index (κ3) is 4.63. The second-order valence-corrected chi connectivity index (χ2v) is 10.1. The minimum Gasteiger partial charge on any atom is -0.495 e. The van der Waals surface area contributed by atoms with Crippen LogP contribution >= 0.6 is 11.6 Å². The van der Waals surface area contributed by atoms with Gasteiger partial charge in [0.2, 0.25) is 15.9 Å². The molecule has 0 aromatic heterocycles. The van der Waals surface area contributed by atoms with Gasteiger partial charge in [-0.05, 0) is 62.9 Å². The van der Waals surface area contributed by atoms with Crippen molar-refractivity contribution in [3.05, 3.63) is 52.0 Å². The van der Waals surface area contributed by atoms with E-state index in [9.17, 15) is 13.2 Å². The molecule has 1 saturated heterocycles. The molecule has 0 bridgehead atoms. The fourth-order valence-electron chi connectivity index (χ4n) is 3.93. The van der Waals surface area contributed by atoms with Gasteiger partial charge in [-0.3, -0.25) is 4.79 Å². The highest BCUT2D eigenvalue weighted by Gasteiger charge is 2.34. The van der Waals surface area contributed by atoms with E-state index in [-0.39, 0.29) is 22.4 Å². The van der Waals surface area contributed by atoms with E-state index in [2.05, 4.69) is 5.32 Å². The molecule has 0 aliphatic carbocycles. The highest BCUT2D eigenvalue weighted by Crippen LogP contribution is 2.31. The number of ether oxygens (including phenoxy) is 1. The van der Waals surface area contributed by atoms with E-state index in [1.165, 1.54) is 29.6 Å². The molecule has 30 heavy (non-hydrogen) atoms. The Morgan fingerprint density at radius 2 is 1.83 bits per heavy atom. The summed E-state index contributed by atoms with van der Waals surface area (Å²) in [6.07, 6.45) is 1.26. The van der Waals surface area contributed by atoms with E-state index in [0.29, 0.717) is 25.1 Å². The summed E-state index contributed by atoms with van der Waals surface area (Å²) in [7, 11) is -2.28. The topological polar surface area (TPSA) is 75.7 Å². The van der Waals surface area contributed by atoms with E-state index in [1.54, 1.807) is 0 Å². The second kappa shape index (κ2) is 8.96. The maximum atomic E-state index is 13.1. The number of halogens is 1. The monoisotopic (exact) mass is 450 g/mol. The second-order valence-electron chi connectivity index (χ2n) is 7.76. The lowest BCUT2D eigenvalue weighted by atomic mass is 9.98. The molecular formula is C22H27ClN2O4S. The van der Waals surface area contributed by atoms with Gasteiger partial charge in [-0.2, -0.15) is 4.31 Å². The van der Waals surface area contributed by atoms with Crippen LogP contribution in [0.25, 0.3) is 0 Å². The van der Waals surface area contributed by atoms with Crippen molar-refractivity contribution in [2.45, 2.75) is 38.5 Å². The Morgan fingerprint density at radius 3 is 2.43 bits per heavy atom. The van der Waals surface area contributed by atoms with Gasteiger partial charge in [-0.15, -0.1) is 0 Å². The summed E-state index contributed by atoms with van der Waals surface area (Å²) in [5.74, 6) is -0.157. The molecule has 0 radical (unpaired) electrons. The molecule has 1 N–H and O–H groups in total. The first-order valence-corrected chi connectivity index (χ1v) is 11.7. The first-order valence-electron chi connectivity index (χ1n) is 9.86. The number of hydrogen-bond donors (Lipinski definition) is 1. The van der Waals surface area contributed by atoms with Gasteiger partial charge >= 0.3 is 0 Å². The molecule has 1 heterocycles. The van der Waals surface area contributed by atoms with Crippen LogP contribution in [0.5, 0.6) is 5.75 Å². The van der Waals surface area contributed by atoms with Crippen LogP contribution in [0.1, 0.15) is 29.5 Å². The lowest BCUT2D eigenvalue weighted by Crippen LogP contribution is -2.43. The van der Waals surface area contributed by atoms with E-state index < -0.39 is 15.9 Å². The van der Waals surface area contributed by atoms with Crippen molar-refractivity contribution in [1.82, 2.24) is 4.31 Å². The van der Waals surface area contributed by atoms with Gasteiger partial charge in [0.1, 0.15) is 5.75 Å². The third-order valence-corrected chi connectivity index (χ3v) is 7.60. The molecule has 1 amide bonds. The van der Waals surface area contributed by atoms with Crippen LogP contribution in [-0.4, -0.2) is 38.8 Å². The van der Waals surface area contributed by atoms with Crippen molar-refractivity contribution < 1.29 is 17.9 Å². The van der Waals surface area contributed by atoms with Gasteiger partial charge in [0.15, 0.2) is 0 Å². The zero-order chi connectivity index (χ0) is 22.1. The lowest BCUT2D eigenvalue weighted by molar-refractivity contribution is -0.120. The van der Waals surface area contributed by atoms with E-state index >= 15 is 0 Å². The minimum atomic E-state index is -3.76. The van der Waals surface area contributed by atoms with Gasteiger partial charge in [-0.1, -0.05) is 29.3 Å². The summed E-state index contributed by atoms with van der Waals surface area (Å²) in [5, 5.41) is 3.24. The maximum Gasteiger partial charge on any atom is 0.243 e. The Hall–Kier alpha value is -2.09. The van der Waals surface area contributed by atoms with Crippen molar-refractivity contribution in [1.29, 1.82) is 0 Å². The van der Waals surface area contributed by atoms with Crippen LogP contribution in [0, 0.1) is 26.7 Å². The van der Waals surface area contributed by atoms with E-state index in [0.717, 1.165) is 22.4 Å². The molecule has 0 unspecified atom stereocenters. The molecule has 2 aromatic carbocycles. The van der Waals surface area contributed by atoms with Gasteiger partial charge in [0.25, 0.3) is 0 Å². The van der Waals surface area contributed by atoms with Crippen LogP contribution in [0.15, 0.2) is 35.2 Å². The number of aryl methyl sites for hydroxylation is 3. The number of nitrogens with one attached hydrogen (secondary N) is 1. The largest absolute Gasteiger partial charge is 0.495 e. The van der Waals surface area contributed by atoms with Crippen molar-refractivity contribution in [2.24, 2.45) is 5.92 Å². The van der Waals surface area contributed by atoms with Crippen molar-refractivity contribution >= 4 is 33.2 Å². The highest BCUT2D eigenvalue weighted by molar-refractivity contribution is 7.89. The summed E-state index contributed by atoms with van der Waals surface area (Å²) in [6, 6.07) is 8.44. The van der Waals surface area contributed by atoms with Crippen LogP contribution in [0.3, 0.4) is 0 Å². The third-order valence-electron chi connectivity index (χ3n) is 5.44. The number of amides is 1. The smallest absolute Gasteiger partial charge is 0.243 e. The van der Waals surface area contributed by atoms with Gasteiger partial charge in [0.05, 0.1) is 22.9 Å². The fourth-order valence-corrected chi connectivity index (χ4v) is 5.81. The number of benzene rings is 2. The molecule has 1 atom stereocenters. The van der Waals surface area contributed by atoms with Crippen LogP contribution in [-0.2, 0) is 14.8 Å². The Balaban J connectivity index is 1.78. The Kier molecular flexibility index (Phi) is 6.75. The summed E-state index contributed by atoms with van der Waals surface area (Å²) < 4.78 is 32.7. The minimum absolute atomic E-state index is 0.0968. The molecule has 1 aliphatic rings. The number of carbonyl (C=O) groups excluding carboxylic acids is 1. The Bertz CT molecular complexity index is 1050. The van der Waals surface area contributed by atoms with Crippen molar-refractivity contribution in [3.8, 4) is 5.75 Å². The van der Waals surface area contributed by atoms with Crippen LogP contribution in [0.4, 0.5) is 5.69 Å². The number of nitrogens with zero attached hydrogens (tertiary/aromatic N) is 1. The van der Waals surface area contributed by atoms with Gasteiger partial charge in [0, 0.05) is 18.8 Å². The quantitative estimate of drug-likeness (QED) is 0.736. The number of rotatable bonds is 5. The maximum absolute atomic E-state index is 13.1. The predicted octanol–water partition coefficient (Wildman–Crippen LogP) is 4.31. The number of hydrogen-bond acceptors (Lipinski definition) is 4. The van der Waals surface area contributed by atoms with Crippen molar-refractivity contribution in [2.75, 3.05) is 25.5 Å². The number of methoxy groups -OCH3 is 1. The summed E-state index contributed by atoms with van der Waals surface area (Å²) in [5.41, 5.74) is 3.92. The summed E-state index contributed by atoms with van der Waals surface area (Å²) in [4.78, 5) is 13.0.